The van der Waals surface area contributed by atoms with Crippen LogP contribution in [0.5, 0.6) is 23.0 Å². The lowest BCUT2D eigenvalue weighted by Crippen LogP contribution is -2.20. The molecule has 0 fully saturated rings. The first-order chi connectivity index (χ1) is 16.5. The maximum absolute atomic E-state index is 12.7. The SMILES string of the molecule is COc1cc(OC)c(/C=C/S(=O)(=O)Nc2ccc(OC)c(CC(CC(=O)O)C(=O)O)c2)c(OC)c1. The molecule has 2 aromatic rings. The number of hydrogen-bond donors (Lipinski definition) is 3. The van der Waals surface area contributed by atoms with Crippen molar-refractivity contribution in [3.8, 4) is 23.0 Å². The number of ether oxygens (including phenoxy) is 4. The zero-order chi connectivity index (χ0) is 26.2. The van der Waals surface area contributed by atoms with E-state index in [9.17, 15) is 23.1 Å². The van der Waals surface area contributed by atoms with Crippen molar-refractivity contribution in [2.24, 2.45) is 5.92 Å². The lowest BCUT2D eigenvalue weighted by molar-refractivity contribution is -0.148. The van der Waals surface area contributed by atoms with Gasteiger partial charge in [0.1, 0.15) is 23.0 Å². The summed E-state index contributed by atoms with van der Waals surface area (Å²) < 4.78 is 48.9. The number of carbonyl (C=O) groups is 2. The molecule has 2 rings (SSSR count). The van der Waals surface area contributed by atoms with E-state index in [1.54, 1.807) is 12.1 Å². The van der Waals surface area contributed by atoms with Crippen molar-refractivity contribution >= 4 is 33.7 Å². The Kier molecular flexibility index (Phi) is 9.34. The number of anilines is 1. The van der Waals surface area contributed by atoms with Crippen LogP contribution < -0.4 is 23.7 Å². The molecule has 0 bridgehead atoms. The van der Waals surface area contributed by atoms with Gasteiger partial charge in [-0.25, -0.2) is 8.42 Å². The number of hydrogen-bond acceptors (Lipinski definition) is 8. The molecule has 0 spiro atoms. The average Bonchev–Trinajstić information content (AvgIpc) is 2.81. The number of sulfonamides is 1. The van der Waals surface area contributed by atoms with Crippen molar-refractivity contribution in [3.63, 3.8) is 0 Å². The fourth-order valence-corrected chi connectivity index (χ4v) is 4.12. The number of nitrogens with one attached hydrogen (secondary N) is 1. The van der Waals surface area contributed by atoms with Crippen LogP contribution in [0.15, 0.2) is 35.7 Å². The van der Waals surface area contributed by atoms with E-state index >= 15 is 0 Å². The van der Waals surface area contributed by atoms with E-state index in [0.29, 0.717) is 34.1 Å². The Labute approximate surface area is 202 Å². The molecule has 0 aliphatic heterocycles. The molecule has 35 heavy (non-hydrogen) atoms. The van der Waals surface area contributed by atoms with Gasteiger partial charge in [0.2, 0.25) is 0 Å². The van der Waals surface area contributed by atoms with Gasteiger partial charge < -0.3 is 29.2 Å². The van der Waals surface area contributed by atoms with E-state index < -0.39 is 34.3 Å². The minimum atomic E-state index is -4.02. The van der Waals surface area contributed by atoms with Crippen molar-refractivity contribution in [2.75, 3.05) is 33.2 Å². The lowest BCUT2D eigenvalue weighted by atomic mass is 9.95. The molecule has 0 saturated carbocycles. The van der Waals surface area contributed by atoms with Crippen molar-refractivity contribution in [3.05, 3.63) is 46.9 Å². The number of carboxylic acids is 2. The predicted octanol–water partition coefficient (Wildman–Crippen LogP) is 2.85. The zero-order valence-corrected chi connectivity index (χ0v) is 20.4. The van der Waals surface area contributed by atoms with Crippen molar-refractivity contribution in [1.29, 1.82) is 0 Å². The van der Waals surface area contributed by atoms with E-state index in [1.807, 2.05) is 0 Å². The second-order valence-electron chi connectivity index (χ2n) is 7.26. The lowest BCUT2D eigenvalue weighted by Gasteiger charge is -2.15. The van der Waals surface area contributed by atoms with E-state index in [4.69, 9.17) is 24.1 Å². The number of benzene rings is 2. The minimum absolute atomic E-state index is 0.138. The summed E-state index contributed by atoms with van der Waals surface area (Å²) in [5, 5.41) is 19.3. The normalized spacial score (nSPS) is 12.1. The number of methoxy groups -OCH3 is 4. The van der Waals surface area contributed by atoms with Crippen molar-refractivity contribution in [1.82, 2.24) is 0 Å². The van der Waals surface area contributed by atoms with Crippen LogP contribution in [0.25, 0.3) is 6.08 Å². The van der Waals surface area contributed by atoms with Crippen LogP contribution in [0.4, 0.5) is 5.69 Å². The maximum Gasteiger partial charge on any atom is 0.307 e. The summed E-state index contributed by atoms with van der Waals surface area (Å²) in [4.78, 5) is 22.5. The second-order valence-corrected chi connectivity index (χ2v) is 8.83. The Morgan fingerprint density at radius 2 is 1.54 bits per heavy atom. The van der Waals surface area contributed by atoms with Crippen LogP contribution in [0.2, 0.25) is 0 Å². The Balaban J connectivity index is 2.34. The van der Waals surface area contributed by atoms with Gasteiger partial charge in [0.15, 0.2) is 0 Å². The number of carboxylic acid groups (broad SMARTS) is 2. The van der Waals surface area contributed by atoms with Crippen LogP contribution in [0.3, 0.4) is 0 Å². The predicted molar refractivity (Wildman–Crippen MR) is 128 cm³/mol. The van der Waals surface area contributed by atoms with Crippen LogP contribution >= 0.6 is 0 Å². The highest BCUT2D eigenvalue weighted by Gasteiger charge is 2.23. The summed E-state index contributed by atoms with van der Waals surface area (Å²) in [6.45, 7) is 0. The smallest absolute Gasteiger partial charge is 0.307 e. The Morgan fingerprint density at radius 1 is 0.943 bits per heavy atom. The Hall–Kier alpha value is -3.93. The molecule has 0 amide bonds. The first kappa shape index (κ1) is 27.3. The highest BCUT2D eigenvalue weighted by molar-refractivity contribution is 7.95. The van der Waals surface area contributed by atoms with Gasteiger partial charge in [0, 0.05) is 17.8 Å². The van der Waals surface area contributed by atoms with E-state index in [-0.39, 0.29) is 12.1 Å². The molecule has 190 valence electrons. The van der Waals surface area contributed by atoms with Crippen LogP contribution in [0, 0.1) is 5.92 Å². The number of rotatable bonds is 13. The first-order valence-corrected chi connectivity index (χ1v) is 11.7. The highest BCUT2D eigenvalue weighted by atomic mass is 32.2. The summed E-state index contributed by atoms with van der Waals surface area (Å²) in [5.74, 6) is -2.34. The third-order valence-electron chi connectivity index (χ3n) is 4.94. The third-order valence-corrected chi connectivity index (χ3v) is 5.96. The molecule has 12 heteroatoms. The summed E-state index contributed by atoms with van der Waals surface area (Å²) >= 11 is 0. The summed E-state index contributed by atoms with van der Waals surface area (Å²) in [5.41, 5.74) is 0.844. The molecule has 0 aliphatic carbocycles. The molecule has 11 nitrogen and oxygen atoms in total. The molecular weight excluding hydrogens is 482 g/mol. The van der Waals surface area contributed by atoms with Crippen molar-refractivity contribution in [2.45, 2.75) is 12.8 Å². The van der Waals surface area contributed by atoms with Gasteiger partial charge >= 0.3 is 11.9 Å². The van der Waals surface area contributed by atoms with Gasteiger partial charge in [-0.3, -0.25) is 14.3 Å². The molecule has 0 heterocycles. The summed E-state index contributed by atoms with van der Waals surface area (Å²) in [7, 11) is 1.67. The molecule has 2 aromatic carbocycles. The standard InChI is InChI=1S/C23H27NO10S/c1-31-17-12-20(33-3)18(21(13-17)34-4)7-8-35(29,30)24-16-5-6-19(32-2)14(10-16)9-15(23(27)28)11-22(25)26/h5-8,10,12-13,15,24H,9,11H2,1-4H3,(H,25,26)(H,27,28)/b8-7+. The quantitative estimate of drug-likeness (QED) is 0.367. The number of aliphatic carboxylic acids is 2. The molecule has 1 atom stereocenters. The van der Waals surface area contributed by atoms with Crippen LogP contribution in [-0.4, -0.2) is 59.0 Å². The zero-order valence-electron chi connectivity index (χ0n) is 19.6. The van der Waals surface area contributed by atoms with Gasteiger partial charge in [-0.05, 0) is 36.3 Å². The Morgan fingerprint density at radius 3 is 2.03 bits per heavy atom. The average molecular weight is 510 g/mol. The van der Waals surface area contributed by atoms with Gasteiger partial charge in [0.05, 0.1) is 51.7 Å². The van der Waals surface area contributed by atoms with Crippen LogP contribution in [0.1, 0.15) is 17.5 Å². The topological polar surface area (TPSA) is 158 Å². The van der Waals surface area contributed by atoms with E-state index in [0.717, 1.165) is 5.41 Å². The molecule has 0 radical (unpaired) electrons. The van der Waals surface area contributed by atoms with Crippen molar-refractivity contribution < 1.29 is 47.2 Å². The second kappa shape index (κ2) is 12.0. The molecule has 0 aromatic heterocycles. The van der Waals surface area contributed by atoms with E-state index in [1.165, 1.54) is 52.7 Å². The van der Waals surface area contributed by atoms with Gasteiger partial charge in [0.25, 0.3) is 10.0 Å². The molecule has 3 N–H and O–H groups in total. The summed E-state index contributed by atoms with van der Waals surface area (Å²) in [6, 6.07) is 7.46. The highest BCUT2D eigenvalue weighted by Crippen LogP contribution is 2.35. The molecule has 0 aliphatic rings. The molecule has 1 unspecified atom stereocenters. The maximum atomic E-state index is 12.7. The van der Waals surface area contributed by atoms with Gasteiger partial charge in [-0.2, -0.15) is 0 Å². The fourth-order valence-electron chi connectivity index (χ4n) is 3.28. The van der Waals surface area contributed by atoms with Gasteiger partial charge in [-0.15, -0.1) is 0 Å². The molecule has 0 saturated heterocycles. The Bertz CT molecular complexity index is 1180. The van der Waals surface area contributed by atoms with E-state index in [2.05, 4.69) is 4.72 Å². The summed E-state index contributed by atoms with van der Waals surface area (Å²) in [6.07, 6.45) is 0.538. The fraction of sp³-hybridized carbons (Fsp3) is 0.304. The molecular formula is C23H27NO10S. The third kappa shape index (κ3) is 7.54. The van der Waals surface area contributed by atoms with Gasteiger partial charge in [-0.1, -0.05) is 0 Å². The largest absolute Gasteiger partial charge is 0.496 e. The monoisotopic (exact) mass is 509 g/mol. The first-order valence-electron chi connectivity index (χ1n) is 10.2. The minimum Gasteiger partial charge on any atom is -0.496 e. The van der Waals surface area contributed by atoms with Crippen LogP contribution in [-0.2, 0) is 26.0 Å².